The maximum Gasteiger partial charge on any atom is 0.330 e. The van der Waals surface area contributed by atoms with Gasteiger partial charge in [-0.3, -0.25) is 19.2 Å². The normalized spacial score (nSPS) is 18.1. The highest BCUT2D eigenvalue weighted by molar-refractivity contribution is 6.31. The van der Waals surface area contributed by atoms with Crippen molar-refractivity contribution >= 4 is 17.4 Å². The number of benzene rings is 1. The summed E-state index contributed by atoms with van der Waals surface area (Å²) in [7, 11) is 0. The first-order valence-corrected chi connectivity index (χ1v) is 9.08. The van der Waals surface area contributed by atoms with Gasteiger partial charge in [0.1, 0.15) is 5.82 Å². The zero-order chi connectivity index (χ0) is 17.4. The van der Waals surface area contributed by atoms with Gasteiger partial charge in [0.2, 0.25) is 0 Å². The van der Waals surface area contributed by atoms with Crippen molar-refractivity contribution in [3.8, 4) is 0 Å². The third-order valence-electron chi connectivity index (χ3n) is 5.23. The second-order valence-electron chi connectivity index (χ2n) is 6.78. The molecular weight excluding hydrogens is 340 g/mol. The highest BCUT2D eigenvalue weighted by Crippen LogP contribution is 2.28. The van der Waals surface area contributed by atoms with Crippen LogP contribution >= 0.6 is 11.6 Å². The summed E-state index contributed by atoms with van der Waals surface area (Å²) in [6.45, 7) is 1.56. The van der Waals surface area contributed by atoms with E-state index in [0.29, 0.717) is 42.2 Å². The average Bonchev–Trinajstić information content (AvgIpc) is 3.14. The summed E-state index contributed by atoms with van der Waals surface area (Å²) in [6, 6.07) is 7.95. The molecule has 6 nitrogen and oxygen atoms in total. The van der Waals surface area contributed by atoms with Crippen LogP contribution in [0.25, 0.3) is 0 Å². The lowest BCUT2D eigenvalue weighted by molar-refractivity contribution is 0.194. The Morgan fingerprint density at radius 3 is 2.68 bits per heavy atom. The van der Waals surface area contributed by atoms with Crippen LogP contribution in [-0.4, -0.2) is 27.2 Å². The molecule has 2 N–H and O–H groups in total. The van der Waals surface area contributed by atoms with E-state index in [2.05, 4.69) is 15.2 Å². The summed E-state index contributed by atoms with van der Waals surface area (Å²) < 4.78 is 1.57. The average molecular weight is 361 g/mol. The van der Waals surface area contributed by atoms with Gasteiger partial charge in [-0.1, -0.05) is 42.6 Å². The molecule has 1 aromatic heterocycles. The summed E-state index contributed by atoms with van der Waals surface area (Å²) in [5.41, 5.74) is 0.765. The molecule has 2 aromatic rings. The van der Waals surface area contributed by atoms with Gasteiger partial charge in [-0.15, -0.1) is 0 Å². The molecule has 1 aliphatic carbocycles. The lowest BCUT2D eigenvalue weighted by Gasteiger charge is -2.34. The van der Waals surface area contributed by atoms with E-state index < -0.39 is 5.69 Å². The summed E-state index contributed by atoms with van der Waals surface area (Å²) in [5.74, 6) is 0.614. The molecule has 0 unspecified atom stereocenters. The minimum Gasteiger partial charge on any atom is -0.358 e. The Bertz CT molecular complexity index is 899. The van der Waals surface area contributed by atoms with E-state index in [-0.39, 0.29) is 5.56 Å². The van der Waals surface area contributed by atoms with Crippen LogP contribution in [-0.2, 0) is 13.1 Å². The maximum atomic E-state index is 12.4. The van der Waals surface area contributed by atoms with E-state index in [1.54, 1.807) is 10.6 Å². The van der Waals surface area contributed by atoms with E-state index >= 15 is 0 Å². The minimum absolute atomic E-state index is 0.300. The molecule has 132 valence electrons. The highest BCUT2D eigenvalue weighted by atomic mass is 35.5. The zero-order valence-electron chi connectivity index (χ0n) is 13.9. The van der Waals surface area contributed by atoms with Crippen molar-refractivity contribution in [2.24, 2.45) is 0 Å². The lowest BCUT2D eigenvalue weighted by atomic mass is 10.1. The number of H-pyrrole nitrogens is 1. The van der Waals surface area contributed by atoms with Gasteiger partial charge in [-0.05, 0) is 24.5 Å². The first kappa shape index (κ1) is 16.4. The molecule has 1 aliphatic heterocycles. The van der Waals surface area contributed by atoms with Gasteiger partial charge < -0.3 is 5.32 Å². The second-order valence-corrected chi connectivity index (χ2v) is 7.19. The van der Waals surface area contributed by atoms with Crippen molar-refractivity contribution < 1.29 is 0 Å². The molecule has 1 aromatic carbocycles. The van der Waals surface area contributed by atoms with Crippen LogP contribution in [0.4, 0.5) is 5.82 Å². The Kier molecular flexibility index (Phi) is 4.39. The Labute approximate surface area is 150 Å². The topological polar surface area (TPSA) is 70.1 Å². The van der Waals surface area contributed by atoms with Crippen molar-refractivity contribution in [3.05, 3.63) is 61.3 Å². The molecule has 2 aliphatic rings. The van der Waals surface area contributed by atoms with Gasteiger partial charge in [-0.2, -0.15) is 0 Å². The molecule has 0 atom stereocenters. The van der Waals surface area contributed by atoms with E-state index in [1.807, 2.05) is 18.2 Å². The molecule has 4 rings (SSSR count). The number of aromatic nitrogens is 2. The Morgan fingerprint density at radius 2 is 1.92 bits per heavy atom. The van der Waals surface area contributed by atoms with E-state index in [9.17, 15) is 9.59 Å². The fourth-order valence-corrected chi connectivity index (χ4v) is 4.07. The first-order chi connectivity index (χ1) is 12.1. The van der Waals surface area contributed by atoms with Gasteiger partial charge in [0, 0.05) is 17.6 Å². The summed E-state index contributed by atoms with van der Waals surface area (Å²) in [4.78, 5) is 29.5. The largest absolute Gasteiger partial charge is 0.358 e. The fraction of sp³-hybridized carbons (Fsp3) is 0.444. The van der Waals surface area contributed by atoms with Gasteiger partial charge in [0.15, 0.2) is 0 Å². The van der Waals surface area contributed by atoms with Gasteiger partial charge in [-0.25, -0.2) is 4.79 Å². The number of hydrogen-bond donors (Lipinski definition) is 2. The monoisotopic (exact) mass is 360 g/mol. The molecular formula is C18H21ClN4O2. The van der Waals surface area contributed by atoms with Crippen LogP contribution in [0.5, 0.6) is 0 Å². The smallest absolute Gasteiger partial charge is 0.330 e. The summed E-state index contributed by atoms with van der Waals surface area (Å²) in [6.07, 6.45) is 4.84. The van der Waals surface area contributed by atoms with Crippen molar-refractivity contribution in [2.75, 3.05) is 12.0 Å². The predicted octanol–water partition coefficient (Wildman–Crippen LogP) is 2.37. The van der Waals surface area contributed by atoms with Crippen LogP contribution in [0.3, 0.4) is 0 Å². The van der Waals surface area contributed by atoms with Crippen LogP contribution in [0.15, 0.2) is 33.9 Å². The molecule has 2 heterocycles. The molecule has 0 saturated heterocycles. The predicted molar refractivity (Wildman–Crippen MR) is 98.2 cm³/mol. The number of anilines is 1. The molecule has 0 bridgehead atoms. The van der Waals surface area contributed by atoms with Crippen LogP contribution in [0, 0.1) is 0 Å². The molecule has 0 radical (unpaired) electrons. The number of aromatic amines is 1. The zero-order valence-corrected chi connectivity index (χ0v) is 14.7. The van der Waals surface area contributed by atoms with E-state index in [4.69, 9.17) is 11.6 Å². The molecule has 25 heavy (non-hydrogen) atoms. The van der Waals surface area contributed by atoms with Crippen LogP contribution in [0.2, 0.25) is 5.02 Å². The maximum absolute atomic E-state index is 12.4. The molecule has 1 fully saturated rings. The third-order valence-corrected chi connectivity index (χ3v) is 5.60. The molecule has 7 heteroatoms. The van der Waals surface area contributed by atoms with Crippen molar-refractivity contribution in [3.63, 3.8) is 0 Å². The summed E-state index contributed by atoms with van der Waals surface area (Å²) in [5, 5.41) is 3.91. The SMILES string of the molecule is O=c1[nH]c(=O)n(Cc2ccccc2Cl)c2c1CN(C1CCCC1)CN2. The lowest BCUT2D eigenvalue weighted by Crippen LogP contribution is -2.46. The van der Waals surface area contributed by atoms with Crippen molar-refractivity contribution in [1.82, 2.24) is 14.5 Å². The summed E-state index contributed by atoms with van der Waals surface area (Å²) >= 11 is 6.23. The molecule has 1 saturated carbocycles. The van der Waals surface area contributed by atoms with Crippen molar-refractivity contribution in [1.29, 1.82) is 0 Å². The van der Waals surface area contributed by atoms with Crippen LogP contribution < -0.4 is 16.6 Å². The van der Waals surface area contributed by atoms with Gasteiger partial charge in [0.05, 0.1) is 18.8 Å². The molecule has 0 spiro atoms. The highest BCUT2D eigenvalue weighted by Gasteiger charge is 2.29. The number of halogens is 1. The van der Waals surface area contributed by atoms with Gasteiger partial charge in [0.25, 0.3) is 5.56 Å². The number of hydrogen-bond acceptors (Lipinski definition) is 4. The number of fused-ring (bicyclic) bond motifs is 1. The molecule has 0 amide bonds. The van der Waals surface area contributed by atoms with Gasteiger partial charge >= 0.3 is 5.69 Å². The second kappa shape index (κ2) is 6.69. The quantitative estimate of drug-likeness (QED) is 0.881. The standard InChI is InChI=1S/C18H21ClN4O2/c19-15-8-4-1-5-12(15)9-23-16-14(17(24)21-18(23)25)10-22(11-20-16)13-6-2-3-7-13/h1,4-5,8,13,20H,2-3,6-7,9-11H2,(H,21,24,25). The Morgan fingerprint density at radius 1 is 1.16 bits per heavy atom. The number of nitrogens with zero attached hydrogens (tertiary/aromatic N) is 2. The number of rotatable bonds is 3. The third kappa shape index (κ3) is 3.12. The Balaban J connectivity index is 1.70. The van der Waals surface area contributed by atoms with Crippen LogP contribution in [0.1, 0.15) is 36.8 Å². The fourth-order valence-electron chi connectivity index (χ4n) is 3.87. The first-order valence-electron chi connectivity index (χ1n) is 8.71. The van der Waals surface area contributed by atoms with Crippen molar-refractivity contribution in [2.45, 2.75) is 44.8 Å². The van der Waals surface area contributed by atoms with E-state index in [1.165, 1.54) is 25.7 Å². The Hall–Kier alpha value is -2.05. The number of nitrogens with one attached hydrogen (secondary N) is 2. The van der Waals surface area contributed by atoms with E-state index in [0.717, 1.165) is 5.56 Å². The minimum atomic E-state index is -0.412.